The molecule has 1 aromatic carbocycles. The molecule has 0 saturated carbocycles. The van der Waals surface area contributed by atoms with Gasteiger partial charge in [0.2, 0.25) is 5.91 Å². The quantitative estimate of drug-likeness (QED) is 0.498. The minimum absolute atomic E-state index is 0.103. The molecule has 2 rings (SSSR count). The van der Waals surface area contributed by atoms with E-state index < -0.39 is 0 Å². The Kier molecular flexibility index (Phi) is 4.16. The first-order valence-electron chi connectivity index (χ1n) is 6.19. The van der Waals surface area contributed by atoms with E-state index in [0.29, 0.717) is 25.0 Å². The van der Waals surface area contributed by atoms with Crippen molar-refractivity contribution in [2.75, 3.05) is 7.11 Å². The van der Waals surface area contributed by atoms with Crippen LogP contribution in [0.25, 0.3) is 5.57 Å². The zero-order chi connectivity index (χ0) is 13.8. The van der Waals surface area contributed by atoms with Crippen LogP contribution in [0.2, 0.25) is 0 Å². The molecule has 19 heavy (non-hydrogen) atoms. The number of ether oxygens (including phenoxy) is 1. The number of carbonyl (C=O) groups excluding carboxylic acids is 1. The zero-order valence-corrected chi connectivity index (χ0v) is 10.8. The molecule has 1 atom stereocenters. The minimum atomic E-state index is -0.293. The van der Waals surface area contributed by atoms with Gasteiger partial charge in [-0.3, -0.25) is 10.2 Å². The molecule has 0 unspecified atom stereocenters. The van der Waals surface area contributed by atoms with Gasteiger partial charge in [-0.1, -0.05) is 6.08 Å². The monoisotopic (exact) mass is 264 g/mol. The van der Waals surface area contributed by atoms with Gasteiger partial charge in [0.05, 0.1) is 7.11 Å². The number of hydrogen-bond donors (Lipinski definition) is 2. The first-order valence-corrected chi connectivity index (χ1v) is 6.19. The summed E-state index contributed by atoms with van der Waals surface area (Å²) in [6.45, 7) is 0. The minimum Gasteiger partial charge on any atom is -0.496 e. The molecule has 5 heteroatoms. The molecule has 4 nitrogen and oxygen atoms in total. The van der Waals surface area contributed by atoms with Crippen LogP contribution >= 0.6 is 0 Å². The lowest BCUT2D eigenvalue weighted by molar-refractivity contribution is -0.125. The number of hydrazine groups is 1. The summed E-state index contributed by atoms with van der Waals surface area (Å²) < 4.78 is 18.6. The third-order valence-electron chi connectivity index (χ3n) is 3.43. The number of allylic oxidation sites excluding steroid dienone is 2. The molecule has 0 spiro atoms. The van der Waals surface area contributed by atoms with E-state index in [9.17, 15) is 9.18 Å². The summed E-state index contributed by atoms with van der Waals surface area (Å²) in [5.74, 6) is 5.22. The number of carbonyl (C=O) groups is 1. The third kappa shape index (κ3) is 2.93. The van der Waals surface area contributed by atoms with Gasteiger partial charge >= 0.3 is 0 Å². The van der Waals surface area contributed by atoms with Crippen LogP contribution in [0.3, 0.4) is 0 Å². The maximum Gasteiger partial charge on any atom is 0.237 e. The average Bonchev–Trinajstić information content (AvgIpc) is 2.46. The Morgan fingerprint density at radius 1 is 1.53 bits per heavy atom. The highest BCUT2D eigenvalue weighted by atomic mass is 19.1. The highest BCUT2D eigenvalue weighted by Gasteiger charge is 2.22. The normalized spacial score (nSPS) is 18.7. The molecule has 1 aromatic rings. The summed E-state index contributed by atoms with van der Waals surface area (Å²) in [6, 6.07) is 4.45. The van der Waals surface area contributed by atoms with E-state index in [4.69, 9.17) is 10.6 Å². The maximum absolute atomic E-state index is 13.3. The van der Waals surface area contributed by atoms with Crippen LogP contribution in [0, 0.1) is 11.7 Å². The van der Waals surface area contributed by atoms with Gasteiger partial charge in [-0.05, 0) is 43.0 Å². The van der Waals surface area contributed by atoms with Crippen LogP contribution in [0.5, 0.6) is 5.75 Å². The summed E-state index contributed by atoms with van der Waals surface area (Å²) >= 11 is 0. The number of hydrogen-bond acceptors (Lipinski definition) is 3. The number of benzene rings is 1. The molecule has 0 radical (unpaired) electrons. The molecule has 0 aromatic heterocycles. The predicted octanol–water partition coefficient (Wildman–Crippen LogP) is 2.01. The smallest absolute Gasteiger partial charge is 0.237 e. The van der Waals surface area contributed by atoms with Gasteiger partial charge < -0.3 is 4.74 Å². The summed E-state index contributed by atoms with van der Waals surface area (Å²) in [6.07, 6.45) is 3.98. The molecular weight excluding hydrogens is 247 g/mol. The first-order chi connectivity index (χ1) is 9.15. The largest absolute Gasteiger partial charge is 0.496 e. The van der Waals surface area contributed by atoms with Crippen LogP contribution in [-0.2, 0) is 4.79 Å². The number of amides is 1. The van der Waals surface area contributed by atoms with Crippen molar-refractivity contribution >= 4 is 11.5 Å². The summed E-state index contributed by atoms with van der Waals surface area (Å²) in [7, 11) is 1.56. The summed E-state index contributed by atoms with van der Waals surface area (Å²) in [5.41, 5.74) is 3.94. The van der Waals surface area contributed by atoms with Gasteiger partial charge in [-0.25, -0.2) is 10.2 Å². The van der Waals surface area contributed by atoms with Gasteiger partial charge in [-0.2, -0.15) is 0 Å². The average molecular weight is 264 g/mol. The van der Waals surface area contributed by atoms with Crippen molar-refractivity contribution in [3.8, 4) is 5.75 Å². The predicted molar refractivity (Wildman–Crippen MR) is 70.6 cm³/mol. The van der Waals surface area contributed by atoms with Crippen molar-refractivity contribution < 1.29 is 13.9 Å². The number of rotatable bonds is 3. The Balaban J connectivity index is 2.22. The Hall–Kier alpha value is -1.88. The molecule has 0 heterocycles. The molecule has 0 saturated heterocycles. The van der Waals surface area contributed by atoms with E-state index in [1.807, 2.05) is 6.08 Å². The molecule has 0 bridgehead atoms. The molecule has 0 aliphatic heterocycles. The Morgan fingerprint density at radius 2 is 2.32 bits per heavy atom. The van der Waals surface area contributed by atoms with E-state index in [-0.39, 0.29) is 17.6 Å². The third-order valence-corrected chi connectivity index (χ3v) is 3.43. The molecule has 3 N–H and O–H groups in total. The fourth-order valence-corrected chi connectivity index (χ4v) is 2.37. The molecule has 1 aliphatic carbocycles. The Labute approximate surface area is 111 Å². The van der Waals surface area contributed by atoms with Gasteiger partial charge in [0.1, 0.15) is 11.6 Å². The van der Waals surface area contributed by atoms with Crippen molar-refractivity contribution in [2.45, 2.75) is 19.3 Å². The van der Waals surface area contributed by atoms with Crippen LogP contribution in [0.4, 0.5) is 4.39 Å². The van der Waals surface area contributed by atoms with Crippen LogP contribution in [0.1, 0.15) is 24.8 Å². The van der Waals surface area contributed by atoms with Crippen molar-refractivity contribution in [1.82, 2.24) is 5.43 Å². The molecule has 0 fully saturated rings. The SMILES string of the molecule is COc1ccc(F)cc1C1=CC[C@@H](C(=O)NN)CC1. The Morgan fingerprint density at radius 3 is 2.89 bits per heavy atom. The first kappa shape index (κ1) is 13.5. The van der Waals surface area contributed by atoms with E-state index in [2.05, 4.69) is 5.43 Å². The van der Waals surface area contributed by atoms with Crippen LogP contribution < -0.4 is 16.0 Å². The standard InChI is InChI=1S/C14H17FN2O2/c1-19-13-7-6-11(15)8-12(13)9-2-4-10(5-3-9)14(18)17-16/h2,6-8,10H,3-5,16H2,1H3,(H,17,18)/t10-/m1/s1. The second-order valence-corrected chi connectivity index (χ2v) is 4.55. The topological polar surface area (TPSA) is 64.3 Å². The van der Waals surface area contributed by atoms with Crippen molar-refractivity contribution in [1.29, 1.82) is 0 Å². The van der Waals surface area contributed by atoms with E-state index in [1.54, 1.807) is 13.2 Å². The fraction of sp³-hybridized carbons (Fsp3) is 0.357. The zero-order valence-electron chi connectivity index (χ0n) is 10.8. The molecule has 1 aliphatic rings. The molecule has 102 valence electrons. The maximum atomic E-state index is 13.3. The lowest BCUT2D eigenvalue weighted by Gasteiger charge is -2.21. The highest BCUT2D eigenvalue weighted by molar-refractivity contribution is 5.80. The van der Waals surface area contributed by atoms with Gasteiger partial charge in [0.15, 0.2) is 0 Å². The van der Waals surface area contributed by atoms with E-state index in [1.165, 1.54) is 12.1 Å². The summed E-state index contributed by atoms with van der Waals surface area (Å²) in [5, 5.41) is 0. The number of halogens is 1. The van der Waals surface area contributed by atoms with Crippen LogP contribution in [-0.4, -0.2) is 13.0 Å². The Bertz CT molecular complexity index is 514. The van der Waals surface area contributed by atoms with Crippen LogP contribution in [0.15, 0.2) is 24.3 Å². The van der Waals surface area contributed by atoms with Gasteiger partial charge in [-0.15, -0.1) is 0 Å². The van der Waals surface area contributed by atoms with E-state index >= 15 is 0 Å². The van der Waals surface area contributed by atoms with E-state index in [0.717, 1.165) is 11.1 Å². The second-order valence-electron chi connectivity index (χ2n) is 4.55. The number of nitrogens with one attached hydrogen (secondary N) is 1. The summed E-state index contributed by atoms with van der Waals surface area (Å²) in [4.78, 5) is 11.4. The van der Waals surface area contributed by atoms with Gasteiger partial charge in [0, 0.05) is 11.5 Å². The molecule has 1 amide bonds. The number of nitrogens with two attached hydrogens (primary N) is 1. The van der Waals surface area contributed by atoms with Crippen molar-refractivity contribution in [3.05, 3.63) is 35.7 Å². The lowest BCUT2D eigenvalue weighted by Crippen LogP contribution is -2.36. The molecular formula is C14H17FN2O2. The lowest BCUT2D eigenvalue weighted by atomic mass is 9.86. The highest BCUT2D eigenvalue weighted by Crippen LogP contribution is 2.35. The van der Waals surface area contributed by atoms with Crippen molar-refractivity contribution in [2.24, 2.45) is 11.8 Å². The van der Waals surface area contributed by atoms with Crippen molar-refractivity contribution in [3.63, 3.8) is 0 Å². The second kappa shape index (κ2) is 5.84. The fourth-order valence-electron chi connectivity index (χ4n) is 2.37. The number of methoxy groups -OCH3 is 1. The van der Waals surface area contributed by atoms with Gasteiger partial charge in [0.25, 0.3) is 0 Å².